The third-order valence-electron chi connectivity index (χ3n) is 7.05. The van der Waals surface area contributed by atoms with Crippen LogP contribution in [0.25, 0.3) is 34.2 Å². The highest BCUT2D eigenvalue weighted by molar-refractivity contribution is 5.65. The van der Waals surface area contributed by atoms with Gasteiger partial charge in [0.25, 0.3) is 0 Å². The normalized spacial score (nSPS) is 14.2. The highest BCUT2D eigenvalue weighted by Crippen LogP contribution is 2.27. The maximum absolute atomic E-state index is 4.99. The Morgan fingerprint density at radius 2 is 1.63 bits per heavy atom. The quantitative estimate of drug-likeness (QED) is 0.327. The average Bonchev–Trinajstić information content (AvgIpc) is 3.65. The molecule has 10 heteroatoms. The first-order valence-corrected chi connectivity index (χ1v) is 13.3. The van der Waals surface area contributed by atoms with Gasteiger partial charge in [0.1, 0.15) is 22.9 Å². The predicted octanol–water partition coefficient (Wildman–Crippen LogP) is 4.01. The monoisotopic (exact) mass is 510 g/mol. The van der Waals surface area contributed by atoms with Crippen molar-refractivity contribution < 1.29 is 0 Å². The van der Waals surface area contributed by atoms with Crippen molar-refractivity contribution in [3.05, 3.63) is 60.0 Å². The molecule has 5 aromatic heterocycles. The number of hydrogen-bond acceptors (Lipinski definition) is 7. The summed E-state index contributed by atoms with van der Waals surface area (Å²) in [6, 6.07) is 14.2. The largest absolute Gasteiger partial charge is 0.356 e. The van der Waals surface area contributed by atoms with Crippen LogP contribution < -0.4 is 4.90 Å². The van der Waals surface area contributed by atoms with Crippen LogP contribution in [0.3, 0.4) is 0 Å². The molecular weight excluding hydrogens is 476 g/mol. The molecule has 0 aliphatic carbocycles. The van der Waals surface area contributed by atoms with Crippen LogP contribution in [0, 0.1) is 13.8 Å². The third kappa shape index (κ3) is 4.79. The van der Waals surface area contributed by atoms with Gasteiger partial charge >= 0.3 is 0 Å². The van der Waals surface area contributed by atoms with Crippen LogP contribution in [0.4, 0.5) is 5.82 Å². The van der Waals surface area contributed by atoms with Crippen molar-refractivity contribution in [1.29, 1.82) is 0 Å². The molecule has 6 heterocycles. The van der Waals surface area contributed by atoms with E-state index in [0.717, 1.165) is 77.6 Å². The van der Waals surface area contributed by atoms with Crippen LogP contribution >= 0.6 is 0 Å². The Morgan fingerprint density at radius 3 is 2.42 bits per heavy atom. The van der Waals surface area contributed by atoms with E-state index >= 15 is 0 Å². The van der Waals surface area contributed by atoms with E-state index in [2.05, 4.69) is 47.9 Å². The van der Waals surface area contributed by atoms with Crippen LogP contribution in [-0.4, -0.2) is 77.8 Å². The fourth-order valence-corrected chi connectivity index (χ4v) is 4.97. The summed E-state index contributed by atoms with van der Waals surface area (Å²) in [5.41, 5.74) is 6.24. The maximum Gasteiger partial charge on any atom is 0.160 e. The van der Waals surface area contributed by atoms with Gasteiger partial charge in [-0.05, 0) is 71.5 Å². The zero-order chi connectivity index (χ0) is 26.2. The molecule has 38 heavy (non-hydrogen) atoms. The molecule has 0 radical (unpaired) electrons. The van der Waals surface area contributed by atoms with Gasteiger partial charge in [0, 0.05) is 49.4 Å². The van der Waals surface area contributed by atoms with E-state index in [4.69, 9.17) is 20.3 Å². The summed E-state index contributed by atoms with van der Waals surface area (Å²) in [5, 5.41) is 14.7. The molecule has 1 fully saturated rings. The van der Waals surface area contributed by atoms with Gasteiger partial charge < -0.3 is 9.80 Å². The van der Waals surface area contributed by atoms with Crippen molar-refractivity contribution in [1.82, 2.24) is 44.0 Å². The third-order valence-corrected chi connectivity index (χ3v) is 7.05. The number of aryl methyl sites for hydroxylation is 2. The summed E-state index contributed by atoms with van der Waals surface area (Å²) in [6.45, 7) is 7.86. The van der Waals surface area contributed by atoms with Crippen LogP contribution in [0.1, 0.15) is 30.7 Å². The molecule has 0 N–H and O–H groups in total. The van der Waals surface area contributed by atoms with Gasteiger partial charge in [-0.2, -0.15) is 19.8 Å². The standard InChI is InChI=1S/C28H34N10/c1-20-9-8-10-22(29-20)23-11-14-37(31-23)26-19-28(35-12-6-5-7-13-35)38-27(30-26)18-25(33-38)24-17-21(2)36(32-24)16-15-34(3)4/h8-11,14,17-19H,5-7,12-13,15-16H2,1-4H3. The van der Waals surface area contributed by atoms with Crippen molar-refractivity contribution >= 4 is 11.5 Å². The van der Waals surface area contributed by atoms with Crippen molar-refractivity contribution in [2.24, 2.45) is 0 Å². The van der Waals surface area contributed by atoms with E-state index in [0.29, 0.717) is 0 Å². The van der Waals surface area contributed by atoms with Gasteiger partial charge in [0.05, 0.1) is 12.2 Å². The Morgan fingerprint density at radius 1 is 0.816 bits per heavy atom. The lowest BCUT2D eigenvalue weighted by molar-refractivity contribution is 0.371. The minimum absolute atomic E-state index is 0.760. The maximum atomic E-state index is 4.99. The second-order valence-corrected chi connectivity index (χ2v) is 10.3. The molecule has 0 bridgehead atoms. The molecule has 0 spiro atoms. The van der Waals surface area contributed by atoms with Gasteiger partial charge in [0.2, 0.25) is 0 Å². The lowest BCUT2D eigenvalue weighted by Gasteiger charge is -2.29. The highest BCUT2D eigenvalue weighted by Gasteiger charge is 2.20. The molecule has 0 aromatic carbocycles. The number of aromatic nitrogens is 8. The molecule has 0 amide bonds. The molecule has 0 unspecified atom stereocenters. The van der Waals surface area contributed by atoms with Gasteiger partial charge in [-0.25, -0.2) is 9.67 Å². The Balaban J connectivity index is 1.41. The Bertz CT molecular complexity index is 1570. The zero-order valence-electron chi connectivity index (χ0n) is 22.5. The number of nitrogens with zero attached hydrogens (tertiary/aromatic N) is 10. The lowest BCUT2D eigenvalue weighted by atomic mass is 10.1. The van der Waals surface area contributed by atoms with Crippen LogP contribution in [0.5, 0.6) is 0 Å². The van der Waals surface area contributed by atoms with E-state index in [1.54, 1.807) is 0 Å². The van der Waals surface area contributed by atoms with Gasteiger partial charge in [-0.1, -0.05) is 6.07 Å². The minimum Gasteiger partial charge on any atom is -0.356 e. The molecule has 1 aliphatic rings. The Hall–Kier alpha value is -4.05. The van der Waals surface area contributed by atoms with E-state index in [9.17, 15) is 0 Å². The summed E-state index contributed by atoms with van der Waals surface area (Å²) < 4.78 is 5.85. The number of rotatable bonds is 7. The van der Waals surface area contributed by atoms with Crippen LogP contribution in [0.15, 0.2) is 48.7 Å². The van der Waals surface area contributed by atoms with Gasteiger partial charge in [0.15, 0.2) is 11.5 Å². The number of piperidine rings is 1. The summed E-state index contributed by atoms with van der Waals surface area (Å²) in [4.78, 5) is 14.2. The molecule has 0 saturated carbocycles. The molecule has 1 aliphatic heterocycles. The number of fused-ring (bicyclic) bond motifs is 1. The van der Waals surface area contributed by atoms with E-state index in [1.807, 2.05) is 57.3 Å². The van der Waals surface area contributed by atoms with Crippen molar-refractivity contribution in [2.75, 3.05) is 38.6 Å². The first kappa shape index (κ1) is 24.3. The van der Waals surface area contributed by atoms with Gasteiger partial charge in [-0.15, -0.1) is 0 Å². The summed E-state index contributed by atoms with van der Waals surface area (Å²) in [6.07, 6.45) is 5.56. The molecule has 10 nitrogen and oxygen atoms in total. The second-order valence-electron chi connectivity index (χ2n) is 10.3. The van der Waals surface area contributed by atoms with E-state index in [-0.39, 0.29) is 0 Å². The predicted molar refractivity (Wildman–Crippen MR) is 149 cm³/mol. The van der Waals surface area contributed by atoms with Gasteiger partial charge in [-0.3, -0.25) is 9.67 Å². The topological polar surface area (TPSA) is 85.2 Å². The number of pyridine rings is 1. The first-order chi connectivity index (χ1) is 18.4. The number of hydrogen-bond donors (Lipinski definition) is 0. The minimum atomic E-state index is 0.760. The first-order valence-electron chi connectivity index (χ1n) is 13.3. The van der Waals surface area contributed by atoms with E-state index in [1.165, 1.54) is 19.3 Å². The summed E-state index contributed by atoms with van der Waals surface area (Å²) in [5.74, 6) is 1.79. The SMILES string of the molecule is Cc1cccc(-c2ccn(-c3cc(N4CCCCC4)n4nc(-c5cc(C)n(CCN(C)C)n5)cc4n3)n2)n1. The molecule has 0 atom stereocenters. The number of anilines is 1. The second kappa shape index (κ2) is 10.0. The molecule has 196 valence electrons. The smallest absolute Gasteiger partial charge is 0.160 e. The molecule has 1 saturated heterocycles. The highest BCUT2D eigenvalue weighted by atomic mass is 15.4. The summed E-state index contributed by atoms with van der Waals surface area (Å²) >= 11 is 0. The fourth-order valence-electron chi connectivity index (χ4n) is 4.97. The summed E-state index contributed by atoms with van der Waals surface area (Å²) in [7, 11) is 4.15. The fraction of sp³-hybridized carbons (Fsp3) is 0.393. The van der Waals surface area contributed by atoms with Crippen LogP contribution in [-0.2, 0) is 6.54 Å². The van der Waals surface area contributed by atoms with Crippen molar-refractivity contribution in [2.45, 2.75) is 39.7 Å². The van der Waals surface area contributed by atoms with Crippen LogP contribution in [0.2, 0.25) is 0 Å². The number of likely N-dealkylation sites (N-methyl/N-ethyl adjacent to an activating group) is 1. The molecular formula is C28H34N10. The van der Waals surface area contributed by atoms with Crippen molar-refractivity contribution in [3.63, 3.8) is 0 Å². The lowest BCUT2D eigenvalue weighted by Crippen LogP contribution is -2.31. The average molecular weight is 511 g/mol. The molecule has 6 rings (SSSR count). The van der Waals surface area contributed by atoms with Crippen molar-refractivity contribution in [3.8, 4) is 28.6 Å². The Labute approximate surface area is 222 Å². The van der Waals surface area contributed by atoms with E-state index < -0.39 is 0 Å². The molecule has 5 aromatic rings. The zero-order valence-corrected chi connectivity index (χ0v) is 22.5. The Kier molecular flexibility index (Phi) is 6.40.